The summed E-state index contributed by atoms with van der Waals surface area (Å²) in [7, 11) is 0. The Morgan fingerprint density at radius 1 is 0.333 bits per heavy atom. The van der Waals surface area contributed by atoms with E-state index in [9.17, 15) is 4.39 Å². The molecular formula is C48H30FNO. The fourth-order valence-electron chi connectivity index (χ4n) is 7.54. The van der Waals surface area contributed by atoms with Crippen molar-refractivity contribution in [2.75, 3.05) is 0 Å². The van der Waals surface area contributed by atoms with Crippen LogP contribution in [0.2, 0.25) is 0 Å². The third kappa shape index (κ3) is 5.02. The van der Waals surface area contributed by atoms with Crippen LogP contribution in [0.3, 0.4) is 0 Å². The number of rotatable bonds is 5. The molecule has 0 aliphatic heterocycles. The number of aromatic nitrogens is 1. The molecule has 0 N–H and O–H groups in total. The maximum atomic E-state index is 13.6. The Balaban J connectivity index is 1.07. The molecule has 0 fully saturated rings. The molecule has 10 aromatic rings. The zero-order chi connectivity index (χ0) is 33.9. The number of para-hydroxylation sites is 1. The van der Waals surface area contributed by atoms with Crippen molar-refractivity contribution in [2.24, 2.45) is 0 Å². The van der Waals surface area contributed by atoms with E-state index >= 15 is 0 Å². The summed E-state index contributed by atoms with van der Waals surface area (Å²) in [6.45, 7) is 0. The smallest absolute Gasteiger partial charge is 0.135 e. The first kappa shape index (κ1) is 29.2. The minimum atomic E-state index is -0.231. The first-order valence-electron chi connectivity index (χ1n) is 17.2. The Labute approximate surface area is 294 Å². The standard InChI is InChI=1S/C48H30FNO/c49-39-20-16-32(17-21-39)33-10-6-11-34(26-33)35-12-7-13-36(27-35)38-19-24-47-43(29-38)44-30-40(22-25-48(44)51-47)50-45-15-5-4-14-41(45)42-28-37(18-23-46(42)50)31-8-2-1-3-9-31/h1-30H. The van der Waals surface area contributed by atoms with Crippen LogP contribution in [0.1, 0.15) is 0 Å². The second-order valence-corrected chi connectivity index (χ2v) is 13.1. The minimum Gasteiger partial charge on any atom is -0.456 e. The number of benzene rings is 8. The highest BCUT2D eigenvalue weighted by Gasteiger charge is 2.16. The monoisotopic (exact) mass is 655 g/mol. The van der Waals surface area contributed by atoms with Gasteiger partial charge in [0.25, 0.3) is 0 Å². The molecule has 0 aliphatic carbocycles. The van der Waals surface area contributed by atoms with Crippen molar-refractivity contribution >= 4 is 43.7 Å². The Morgan fingerprint density at radius 3 is 1.57 bits per heavy atom. The molecule has 2 nitrogen and oxygen atoms in total. The Morgan fingerprint density at radius 2 is 0.824 bits per heavy atom. The van der Waals surface area contributed by atoms with Crippen LogP contribution in [0.25, 0.3) is 93.9 Å². The SMILES string of the molecule is Fc1ccc(-c2cccc(-c3cccc(-c4ccc5oc6ccc(-n7c8ccccc8c8cc(-c9ccccc9)ccc87)cc6c5c4)c3)c2)cc1. The summed E-state index contributed by atoms with van der Waals surface area (Å²) in [5.41, 5.74) is 14.1. The molecule has 10 rings (SSSR count). The third-order valence-corrected chi connectivity index (χ3v) is 10.1. The number of halogens is 1. The molecule has 0 amide bonds. The highest BCUT2D eigenvalue weighted by molar-refractivity contribution is 6.12. The van der Waals surface area contributed by atoms with Crippen LogP contribution in [-0.2, 0) is 0 Å². The quantitative estimate of drug-likeness (QED) is 0.180. The molecule has 240 valence electrons. The number of nitrogens with zero attached hydrogens (tertiary/aromatic N) is 1. The molecule has 2 aromatic heterocycles. The molecule has 2 heterocycles. The number of fused-ring (bicyclic) bond motifs is 6. The van der Waals surface area contributed by atoms with E-state index < -0.39 is 0 Å². The van der Waals surface area contributed by atoms with E-state index in [-0.39, 0.29) is 5.82 Å². The van der Waals surface area contributed by atoms with Crippen molar-refractivity contribution in [1.29, 1.82) is 0 Å². The molecule has 0 saturated heterocycles. The summed E-state index contributed by atoms with van der Waals surface area (Å²) in [5.74, 6) is -0.231. The van der Waals surface area contributed by atoms with Crippen molar-refractivity contribution in [3.8, 4) is 50.2 Å². The first-order chi connectivity index (χ1) is 25.2. The molecule has 0 aliphatic rings. The van der Waals surface area contributed by atoms with E-state index in [0.29, 0.717) is 0 Å². The van der Waals surface area contributed by atoms with Gasteiger partial charge < -0.3 is 8.98 Å². The van der Waals surface area contributed by atoms with Gasteiger partial charge in [0.05, 0.1) is 11.0 Å². The van der Waals surface area contributed by atoms with Crippen molar-refractivity contribution in [1.82, 2.24) is 4.57 Å². The summed E-state index contributed by atoms with van der Waals surface area (Å²) >= 11 is 0. The van der Waals surface area contributed by atoms with Crippen LogP contribution >= 0.6 is 0 Å². The maximum absolute atomic E-state index is 13.6. The van der Waals surface area contributed by atoms with Crippen molar-refractivity contribution in [3.05, 3.63) is 188 Å². The summed E-state index contributed by atoms with van der Waals surface area (Å²) < 4.78 is 22.3. The van der Waals surface area contributed by atoms with E-state index in [2.05, 4.69) is 162 Å². The summed E-state index contributed by atoms with van der Waals surface area (Å²) in [5, 5.41) is 4.63. The lowest BCUT2D eigenvalue weighted by Gasteiger charge is -2.09. The van der Waals surface area contributed by atoms with Gasteiger partial charge in [-0.05, 0) is 117 Å². The maximum Gasteiger partial charge on any atom is 0.135 e. The summed E-state index contributed by atoms with van der Waals surface area (Å²) in [6.07, 6.45) is 0. The molecule has 0 spiro atoms. The zero-order valence-electron chi connectivity index (χ0n) is 27.6. The van der Waals surface area contributed by atoms with Crippen LogP contribution in [0.4, 0.5) is 4.39 Å². The third-order valence-electron chi connectivity index (χ3n) is 10.1. The van der Waals surface area contributed by atoms with Gasteiger partial charge in [0.15, 0.2) is 0 Å². The minimum absolute atomic E-state index is 0.231. The lowest BCUT2D eigenvalue weighted by molar-refractivity contribution is 0.628. The number of hydrogen-bond acceptors (Lipinski definition) is 1. The first-order valence-corrected chi connectivity index (χ1v) is 17.2. The fraction of sp³-hybridized carbons (Fsp3) is 0. The van der Waals surface area contributed by atoms with Crippen LogP contribution in [0.5, 0.6) is 0 Å². The van der Waals surface area contributed by atoms with Gasteiger partial charge in [-0.3, -0.25) is 0 Å². The van der Waals surface area contributed by atoms with Gasteiger partial charge in [-0.25, -0.2) is 4.39 Å². The van der Waals surface area contributed by atoms with Gasteiger partial charge in [0, 0.05) is 27.2 Å². The number of furan rings is 1. The van der Waals surface area contributed by atoms with Gasteiger partial charge in [0.2, 0.25) is 0 Å². The Hall–Kier alpha value is -6.71. The molecule has 0 unspecified atom stereocenters. The van der Waals surface area contributed by atoms with Gasteiger partial charge in [-0.15, -0.1) is 0 Å². The van der Waals surface area contributed by atoms with E-state index in [1.165, 1.54) is 45.1 Å². The van der Waals surface area contributed by atoms with Crippen LogP contribution in [-0.4, -0.2) is 4.57 Å². The lowest BCUT2D eigenvalue weighted by atomic mass is 9.96. The Kier molecular flexibility index (Phi) is 6.71. The second-order valence-electron chi connectivity index (χ2n) is 13.1. The molecular weight excluding hydrogens is 626 g/mol. The van der Waals surface area contributed by atoms with Crippen molar-refractivity contribution < 1.29 is 8.81 Å². The van der Waals surface area contributed by atoms with E-state index in [1.54, 1.807) is 0 Å². The van der Waals surface area contributed by atoms with Crippen LogP contribution in [0.15, 0.2) is 186 Å². The highest BCUT2D eigenvalue weighted by Crippen LogP contribution is 2.39. The summed E-state index contributed by atoms with van der Waals surface area (Å²) in [4.78, 5) is 0. The van der Waals surface area contributed by atoms with Crippen LogP contribution in [0, 0.1) is 5.82 Å². The molecule has 0 bridgehead atoms. The van der Waals surface area contributed by atoms with Gasteiger partial charge >= 0.3 is 0 Å². The molecule has 8 aromatic carbocycles. The summed E-state index contributed by atoms with van der Waals surface area (Å²) in [6, 6.07) is 62.7. The average molecular weight is 656 g/mol. The lowest BCUT2D eigenvalue weighted by Crippen LogP contribution is -1.93. The second kappa shape index (κ2) is 11.7. The van der Waals surface area contributed by atoms with E-state index in [1.807, 2.05) is 12.1 Å². The zero-order valence-corrected chi connectivity index (χ0v) is 27.6. The molecule has 51 heavy (non-hydrogen) atoms. The molecule has 3 heteroatoms. The van der Waals surface area contributed by atoms with Crippen molar-refractivity contribution in [3.63, 3.8) is 0 Å². The molecule has 0 saturated carbocycles. The average Bonchev–Trinajstić information content (AvgIpc) is 3.73. The van der Waals surface area contributed by atoms with Gasteiger partial charge in [-0.2, -0.15) is 0 Å². The van der Waals surface area contributed by atoms with Crippen LogP contribution < -0.4 is 0 Å². The fourth-order valence-corrected chi connectivity index (χ4v) is 7.54. The Bertz CT molecular complexity index is 2910. The predicted octanol–water partition coefficient (Wildman–Crippen LogP) is 13.5. The van der Waals surface area contributed by atoms with Crippen molar-refractivity contribution in [2.45, 2.75) is 0 Å². The van der Waals surface area contributed by atoms with Gasteiger partial charge in [0.1, 0.15) is 17.0 Å². The highest BCUT2D eigenvalue weighted by atomic mass is 19.1. The van der Waals surface area contributed by atoms with Gasteiger partial charge in [-0.1, -0.05) is 109 Å². The molecule has 0 atom stereocenters. The molecule has 0 radical (unpaired) electrons. The topological polar surface area (TPSA) is 18.1 Å². The number of hydrogen-bond donors (Lipinski definition) is 0. The predicted molar refractivity (Wildman–Crippen MR) is 210 cm³/mol. The largest absolute Gasteiger partial charge is 0.456 e. The normalized spacial score (nSPS) is 11.6. The van der Waals surface area contributed by atoms with E-state index in [4.69, 9.17) is 4.42 Å². The van der Waals surface area contributed by atoms with E-state index in [0.717, 1.165) is 61.0 Å².